The van der Waals surface area contributed by atoms with E-state index in [9.17, 15) is 9.59 Å². The molecule has 0 saturated heterocycles. The van der Waals surface area contributed by atoms with Gasteiger partial charge in [-0.05, 0) is 24.1 Å². The van der Waals surface area contributed by atoms with Crippen LogP contribution >= 0.6 is 11.6 Å². The van der Waals surface area contributed by atoms with Crippen molar-refractivity contribution in [3.63, 3.8) is 0 Å². The first-order chi connectivity index (χ1) is 10.6. The standard InChI is InChI=1S/C15H14ClN3O3/c16-9-1-2-13(17-8-9)19-15(21)11-7-14(20)18-12-4-6-22-5-3-10(11)12/h1-2,7-8H,3-6H2,(H,18,20)(H,17,19,21). The fourth-order valence-corrected chi connectivity index (χ4v) is 2.54. The van der Waals surface area contributed by atoms with E-state index in [1.165, 1.54) is 12.3 Å². The van der Waals surface area contributed by atoms with E-state index >= 15 is 0 Å². The largest absolute Gasteiger partial charge is 0.381 e. The summed E-state index contributed by atoms with van der Waals surface area (Å²) in [5, 5.41) is 3.17. The molecule has 0 unspecified atom stereocenters. The molecule has 1 amide bonds. The Labute approximate surface area is 131 Å². The zero-order chi connectivity index (χ0) is 15.5. The van der Waals surface area contributed by atoms with Gasteiger partial charge in [-0.3, -0.25) is 9.59 Å². The molecule has 0 saturated carbocycles. The molecule has 1 aliphatic rings. The SMILES string of the molecule is O=C(Nc1ccc(Cl)cn1)c1cc(=O)[nH]c2c1CCOCC2. The van der Waals surface area contributed by atoms with Crippen LogP contribution in [0.5, 0.6) is 0 Å². The third-order valence-corrected chi connectivity index (χ3v) is 3.67. The second-order valence-corrected chi connectivity index (χ2v) is 5.37. The van der Waals surface area contributed by atoms with Crippen molar-refractivity contribution in [1.82, 2.24) is 9.97 Å². The van der Waals surface area contributed by atoms with Gasteiger partial charge in [0, 0.05) is 24.4 Å². The highest BCUT2D eigenvalue weighted by molar-refractivity contribution is 6.30. The highest BCUT2D eigenvalue weighted by atomic mass is 35.5. The summed E-state index contributed by atoms with van der Waals surface area (Å²) in [6.45, 7) is 1.06. The summed E-state index contributed by atoms with van der Waals surface area (Å²) in [6, 6.07) is 4.56. The zero-order valence-electron chi connectivity index (χ0n) is 11.7. The van der Waals surface area contributed by atoms with Crippen molar-refractivity contribution in [2.45, 2.75) is 12.8 Å². The van der Waals surface area contributed by atoms with E-state index in [0.717, 1.165) is 11.3 Å². The normalized spacial score (nSPS) is 14.0. The Morgan fingerprint density at radius 2 is 2.14 bits per heavy atom. The Morgan fingerprint density at radius 1 is 1.32 bits per heavy atom. The molecule has 2 N–H and O–H groups in total. The van der Waals surface area contributed by atoms with Crippen molar-refractivity contribution >= 4 is 23.3 Å². The molecular weight excluding hydrogens is 306 g/mol. The topological polar surface area (TPSA) is 84.1 Å². The fraction of sp³-hybridized carbons (Fsp3) is 0.267. The lowest BCUT2D eigenvalue weighted by Crippen LogP contribution is -2.21. The number of carbonyl (C=O) groups excluding carboxylic acids is 1. The molecule has 3 heterocycles. The van der Waals surface area contributed by atoms with Crippen LogP contribution in [0.3, 0.4) is 0 Å². The molecule has 0 aromatic carbocycles. The van der Waals surface area contributed by atoms with Gasteiger partial charge in [0.05, 0.1) is 23.8 Å². The third kappa shape index (κ3) is 3.18. The predicted octanol–water partition coefficient (Wildman–Crippen LogP) is 1.79. The number of carbonyl (C=O) groups is 1. The summed E-state index contributed by atoms with van der Waals surface area (Å²) < 4.78 is 5.40. The third-order valence-electron chi connectivity index (χ3n) is 3.45. The Bertz CT molecular complexity index is 756. The molecule has 0 aliphatic carbocycles. The molecule has 0 bridgehead atoms. The Hall–Kier alpha value is -2.18. The number of nitrogens with one attached hydrogen (secondary N) is 2. The lowest BCUT2D eigenvalue weighted by molar-refractivity contribution is 0.102. The van der Waals surface area contributed by atoms with Crippen molar-refractivity contribution in [2.75, 3.05) is 18.5 Å². The van der Waals surface area contributed by atoms with Crippen LogP contribution in [0.25, 0.3) is 0 Å². The summed E-state index contributed by atoms with van der Waals surface area (Å²) in [7, 11) is 0. The average molecular weight is 320 g/mol. The summed E-state index contributed by atoms with van der Waals surface area (Å²) in [6.07, 6.45) is 2.62. The molecule has 0 radical (unpaired) electrons. The van der Waals surface area contributed by atoms with Crippen LogP contribution in [0.4, 0.5) is 5.82 Å². The van der Waals surface area contributed by atoms with Crippen molar-refractivity contribution < 1.29 is 9.53 Å². The number of pyridine rings is 2. The molecule has 114 valence electrons. The minimum atomic E-state index is -0.362. The molecular formula is C15H14ClN3O3. The van der Waals surface area contributed by atoms with Crippen molar-refractivity contribution in [3.05, 3.63) is 56.6 Å². The maximum atomic E-state index is 12.5. The van der Waals surface area contributed by atoms with Gasteiger partial charge in [-0.25, -0.2) is 4.98 Å². The van der Waals surface area contributed by atoms with Gasteiger partial charge in [0.2, 0.25) is 5.56 Å². The van der Waals surface area contributed by atoms with Crippen LogP contribution < -0.4 is 10.9 Å². The Morgan fingerprint density at radius 3 is 2.91 bits per heavy atom. The molecule has 3 rings (SSSR count). The minimum Gasteiger partial charge on any atom is -0.381 e. The van der Waals surface area contributed by atoms with Gasteiger partial charge in [0.15, 0.2) is 0 Å². The molecule has 0 spiro atoms. The van der Waals surface area contributed by atoms with Gasteiger partial charge in [-0.1, -0.05) is 11.6 Å². The number of nitrogens with zero attached hydrogens (tertiary/aromatic N) is 1. The molecule has 2 aromatic heterocycles. The van der Waals surface area contributed by atoms with Gasteiger partial charge in [0.25, 0.3) is 5.91 Å². The second kappa shape index (κ2) is 6.29. The molecule has 6 nitrogen and oxygen atoms in total. The van der Waals surface area contributed by atoms with Gasteiger partial charge in [-0.15, -0.1) is 0 Å². The number of hydrogen-bond acceptors (Lipinski definition) is 4. The molecule has 2 aromatic rings. The van der Waals surface area contributed by atoms with Gasteiger partial charge < -0.3 is 15.0 Å². The van der Waals surface area contributed by atoms with Gasteiger partial charge >= 0.3 is 0 Å². The van der Waals surface area contributed by atoms with E-state index in [-0.39, 0.29) is 11.5 Å². The number of halogens is 1. The lowest BCUT2D eigenvalue weighted by Gasteiger charge is -2.11. The molecule has 0 atom stereocenters. The summed E-state index contributed by atoms with van der Waals surface area (Å²) in [5.74, 6) is 0.0207. The predicted molar refractivity (Wildman–Crippen MR) is 82.5 cm³/mol. The number of H-pyrrole nitrogens is 1. The fourth-order valence-electron chi connectivity index (χ4n) is 2.43. The quantitative estimate of drug-likeness (QED) is 0.884. The smallest absolute Gasteiger partial charge is 0.257 e. The van der Waals surface area contributed by atoms with Crippen LogP contribution in [0.15, 0.2) is 29.2 Å². The van der Waals surface area contributed by atoms with Crippen LogP contribution in [-0.2, 0) is 17.6 Å². The Balaban J connectivity index is 1.93. The first kappa shape index (κ1) is 14.7. The number of amides is 1. The summed E-state index contributed by atoms with van der Waals surface area (Å²) >= 11 is 5.76. The van der Waals surface area contributed by atoms with E-state index in [1.807, 2.05) is 0 Å². The number of fused-ring (bicyclic) bond motifs is 1. The second-order valence-electron chi connectivity index (χ2n) is 4.93. The van der Waals surface area contributed by atoms with Crippen LogP contribution in [0.2, 0.25) is 5.02 Å². The first-order valence-electron chi connectivity index (χ1n) is 6.89. The van der Waals surface area contributed by atoms with E-state index < -0.39 is 0 Å². The molecule has 1 aliphatic heterocycles. The van der Waals surface area contributed by atoms with Crippen molar-refractivity contribution in [1.29, 1.82) is 0 Å². The highest BCUT2D eigenvalue weighted by Gasteiger charge is 2.19. The van der Waals surface area contributed by atoms with E-state index in [4.69, 9.17) is 16.3 Å². The minimum absolute atomic E-state index is 0.296. The molecule has 22 heavy (non-hydrogen) atoms. The van der Waals surface area contributed by atoms with Crippen LogP contribution in [0, 0.1) is 0 Å². The maximum absolute atomic E-state index is 12.5. The van der Waals surface area contributed by atoms with Crippen LogP contribution in [0.1, 0.15) is 21.6 Å². The monoisotopic (exact) mass is 319 g/mol. The number of ether oxygens (including phenoxy) is 1. The van der Waals surface area contributed by atoms with Gasteiger partial charge in [0.1, 0.15) is 5.82 Å². The molecule has 0 fully saturated rings. The van der Waals surface area contributed by atoms with E-state index in [2.05, 4.69) is 15.3 Å². The number of rotatable bonds is 2. The van der Waals surface area contributed by atoms with Gasteiger partial charge in [-0.2, -0.15) is 0 Å². The summed E-state index contributed by atoms with van der Waals surface area (Å²) in [5.41, 5.74) is 1.65. The zero-order valence-corrected chi connectivity index (χ0v) is 12.4. The van der Waals surface area contributed by atoms with Crippen LogP contribution in [-0.4, -0.2) is 29.1 Å². The highest BCUT2D eigenvalue weighted by Crippen LogP contribution is 2.17. The maximum Gasteiger partial charge on any atom is 0.257 e. The van der Waals surface area contributed by atoms with Crippen molar-refractivity contribution in [2.24, 2.45) is 0 Å². The number of anilines is 1. The summed E-state index contributed by atoms with van der Waals surface area (Å²) in [4.78, 5) is 31.0. The number of aromatic nitrogens is 2. The lowest BCUT2D eigenvalue weighted by atomic mass is 10.0. The first-order valence-corrected chi connectivity index (χ1v) is 7.27. The number of aromatic amines is 1. The van der Waals surface area contributed by atoms with Crippen molar-refractivity contribution in [3.8, 4) is 0 Å². The van der Waals surface area contributed by atoms with E-state index in [1.54, 1.807) is 12.1 Å². The average Bonchev–Trinajstić information content (AvgIpc) is 2.74. The number of hydrogen-bond donors (Lipinski definition) is 2. The molecule has 7 heteroatoms. The Kier molecular flexibility index (Phi) is 4.22. The van der Waals surface area contributed by atoms with E-state index in [0.29, 0.717) is 42.5 Å².